The van der Waals surface area contributed by atoms with Crippen molar-refractivity contribution < 1.29 is 14.3 Å². The normalized spacial score (nSPS) is 16.3. The van der Waals surface area contributed by atoms with Gasteiger partial charge in [-0.1, -0.05) is 0 Å². The fourth-order valence-electron chi connectivity index (χ4n) is 1.98. The second-order valence-electron chi connectivity index (χ2n) is 4.66. The molecule has 0 aliphatic carbocycles. The number of carbonyl (C=O) groups is 1. The van der Waals surface area contributed by atoms with Gasteiger partial charge in [-0.3, -0.25) is 4.90 Å². The lowest BCUT2D eigenvalue weighted by Gasteiger charge is -2.26. The van der Waals surface area contributed by atoms with Crippen molar-refractivity contribution in [3.8, 4) is 0 Å². The number of nitrogens with zero attached hydrogens (tertiary/aromatic N) is 1. The topological polar surface area (TPSA) is 64.8 Å². The van der Waals surface area contributed by atoms with Gasteiger partial charge in [-0.05, 0) is 30.7 Å². The molecular weight excluding hydrogens is 244 g/mol. The number of ether oxygens (including phenoxy) is 2. The van der Waals surface area contributed by atoms with Crippen LogP contribution < -0.4 is 5.73 Å². The fourth-order valence-corrected chi connectivity index (χ4v) is 1.98. The number of morpholine rings is 1. The van der Waals surface area contributed by atoms with Crippen molar-refractivity contribution in [2.75, 3.05) is 45.2 Å². The Bertz CT molecular complexity index is 442. The van der Waals surface area contributed by atoms with Gasteiger partial charge < -0.3 is 15.2 Å². The minimum absolute atomic E-state index is 0.295. The van der Waals surface area contributed by atoms with Gasteiger partial charge in [0, 0.05) is 25.3 Å². The standard InChI is InChI=1S/C14H20N2O3/c1-11-10-12(2-3-13(11)15)14(17)19-9-6-16-4-7-18-8-5-16/h2-3,10H,4-9,15H2,1H3. The third-order valence-electron chi connectivity index (χ3n) is 3.25. The predicted octanol–water partition coefficient (Wildman–Crippen LogP) is 1.07. The Morgan fingerprint density at radius 2 is 2.16 bits per heavy atom. The van der Waals surface area contributed by atoms with Crippen LogP contribution in [0.1, 0.15) is 15.9 Å². The van der Waals surface area contributed by atoms with Gasteiger partial charge in [-0.25, -0.2) is 4.79 Å². The molecule has 5 heteroatoms. The number of hydrogen-bond acceptors (Lipinski definition) is 5. The number of nitrogen functional groups attached to an aromatic ring is 1. The molecule has 1 saturated heterocycles. The summed E-state index contributed by atoms with van der Waals surface area (Å²) in [5.41, 5.74) is 7.84. The zero-order chi connectivity index (χ0) is 13.7. The van der Waals surface area contributed by atoms with E-state index in [4.69, 9.17) is 15.2 Å². The molecule has 2 rings (SSSR count). The van der Waals surface area contributed by atoms with E-state index in [9.17, 15) is 4.79 Å². The summed E-state index contributed by atoms with van der Waals surface area (Å²) in [5.74, 6) is -0.295. The molecule has 1 aliphatic rings. The minimum atomic E-state index is -0.295. The molecule has 0 atom stereocenters. The Labute approximate surface area is 113 Å². The van der Waals surface area contributed by atoms with E-state index in [0.717, 1.165) is 38.4 Å². The van der Waals surface area contributed by atoms with Crippen molar-refractivity contribution >= 4 is 11.7 Å². The van der Waals surface area contributed by atoms with Gasteiger partial charge in [-0.2, -0.15) is 0 Å². The van der Waals surface area contributed by atoms with Crippen molar-refractivity contribution in [2.45, 2.75) is 6.92 Å². The Kier molecular flexibility index (Phi) is 4.76. The van der Waals surface area contributed by atoms with Crippen LogP contribution in [0.15, 0.2) is 18.2 Å². The first-order valence-corrected chi connectivity index (χ1v) is 6.50. The van der Waals surface area contributed by atoms with Gasteiger partial charge >= 0.3 is 5.97 Å². The van der Waals surface area contributed by atoms with Crippen LogP contribution in [0, 0.1) is 6.92 Å². The molecule has 0 spiro atoms. The number of nitrogens with two attached hydrogens (primary N) is 1. The van der Waals surface area contributed by atoms with Crippen LogP contribution in [-0.4, -0.2) is 50.3 Å². The van der Waals surface area contributed by atoms with Crippen molar-refractivity contribution in [3.05, 3.63) is 29.3 Å². The van der Waals surface area contributed by atoms with Crippen LogP contribution in [-0.2, 0) is 9.47 Å². The molecule has 0 amide bonds. The average Bonchev–Trinajstić information content (AvgIpc) is 2.43. The third kappa shape index (κ3) is 3.94. The molecule has 1 aliphatic heterocycles. The number of carbonyl (C=O) groups excluding carboxylic acids is 1. The lowest BCUT2D eigenvalue weighted by molar-refractivity contribution is 0.0195. The Balaban J connectivity index is 1.78. The predicted molar refractivity (Wildman–Crippen MR) is 73.1 cm³/mol. The molecule has 19 heavy (non-hydrogen) atoms. The molecule has 5 nitrogen and oxygen atoms in total. The largest absolute Gasteiger partial charge is 0.461 e. The number of hydrogen-bond donors (Lipinski definition) is 1. The highest BCUT2D eigenvalue weighted by molar-refractivity contribution is 5.90. The van der Waals surface area contributed by atoms with Crippen LogP contribution in [0.25, 0.3) is 0 Å². The summed E-state index contributed by atoms with van der Waals surface area (Å²) in [7, 11) is 0. The van der Waals surface area contributed by atoms with Gasteiger partial charge in [0.15, 0.2) is 0 Å². The lowest BCUT2D eigenvalue weighted by Crippen LogP contribution is -2.38. The summed E-state index contributed by atoms with van der Waals surface area (Å²) in [6.07, 6.45) is 0. The SMILES string of the molecule is Cc1cc(C(=O)OCCN2CCOCC2)ccc1N. The molecular formula is C14H20N2O3. The number of aryl methyl sites for hydroxylation is 1. The molecule has 0 saturated carbocycles. The maximum atomic E-state index is 11.8. The van der Waals surface area contributed by atoms with Crippen LogP contribution in [0.3, 0.4) is 0 Å². The first kappa shape index (κ1) is 13.8. The van der Waals surface area contributed by atoms with E-state index in [2.05, 4.69) is 4.90 Å². The molecule has 1 fully saturated rings. The van der Waals surface area contributed by atoms with E-state index in [0.29, 0.717) is 17.9 Å². The van der Waals surface area contributed by atoms with Gasteiger partial charge in [0.25, 0.3) is 0 Å². The lowest BCUT2D eigenvalue weighted by atomic mass is 10.1. The van der Waals surface area contributed by atoms with Crippen LogP contribution in [0.2, 0.25) is 0 Å². The maximum Gasteiger partial charge on any atom is 0.338 e. The summed E-state index contributed by atoms with van der Waals surface area (Å²) < 4.78 is 10.5. The van der Waals surface area contributed by atoms with E-state index in [-0.39, 0.29) is 5.97 Å². The smallest absolute Gasteiger partial charge is 0.338 e. The van der Waals surface area contributed by atoms with Crippen LogP contribution in [0.4, 0.5) is 5.69 Å². The van der Waals surface area contributed by atoms with E-state index in [1.807, 2.05) is 6.92 Å². The molecule has 0 bridgehead atoms. The van der Waals surface area contributed by atoms with E-state index >= 15 is 0 Å². The highest BCUT2D eigenvalue weighted by Gasteiger charge is 2.12. The van der Waals surface area contributed by atoms with E-state index < -0.39 is 0 Å². The second kappa shape index (κ2) is 6.54. The van der Waals surface area contributed by atoms with E-state index in [1.54, 1.807) is 18.2 Å². The average molecular weight is 264 g/mol. The summed E-state index contributed by atoms with van der Waals surface area (Å²) in [6, 6.07) is 5.18. The Morgan fingerprint density at radius 1 is 1.42 bits per heavy atom. The second-order valence-corrected chi connectivity index (χ2v) is 4.66. The fraction of sp³-hybridized carbons (Fsp3) is 0.500. The molecule has 2 N–H and O–H groups in total. The number of esters is 1. The maximum absolute atomic E-state index is 11.8. The number of rotatable bonds is 4. The quantitative estimate of drug-likeness (QED) is 0.651. The molecule has 0 aromatic heterocycles. The first-order valence-electron chi connectivity index (χ1n) is 6.50. The van der Waals surface area contributed by atoms with Gasteiger partial charge in [-0.15, -0.1) is 0 Å². The Morgan fingerprint density at radius 3 is 2.84 bits per heavy atom. The summed E-state index contributed by atoms with van der Waals surface area (Å²) in [6.45, 7) is 6.35. The van der Waals surface area contributed by atoms with Crippen LogP contribution in [0.5, 0.6) is 0 Å². The van der Waals surface area contributed by atoms with Gasteiger partial charge in [0.05, 0.1) is 18.8 Å². The zero-order valence-electron chi connectivity index (χ0n) is 11.2. The van der Waals surface area contributed by atoms with Crippen LogP contribution >= 0.6 is 0 Å². The number of anilines is 1. The molecule has 1 aromatic rings. The molecule has 104 valence electrons. The van der Waals surface area contributed by atoms with Crippen molar-refractivity contribution in [2.24, 2.45) is 0 Å². The van der Waals surface area contributed by atoms with E-state index in [1.165, 1.54) is 0 Å². The van der Waals surface area contributed by atoms with Crippen molar-refractivity contribution in [1.82, 2.24) is 4.90 Å². The third-order valence-corrected chi connectivity index (χ3v) is 3.25. The highest BCUT2D eigenvalue weighted by Crippen LogP contribution is 2.13. The summed E-state index contributed by atoms with van der Waals surface area (Å²) in [4.78, 5) is 14.1. The van der Waals surface area contributed by atoms with Gasteiger partial charge in [0.1, 0.15) is 6.61 Å². The molecule has 0 unspecified atom stereocenters. The highest BCUT2D eigenvalue weighted by atomic mass is 16.5. The molecule has 1 heterocycles. The first-order chi connectivity index (χ1) is 9.16. The Hall–Kier alpha value is -1.59. The van der Waals surface area contributed by atoms with Gasteiger partial charge in [0.2, 0.25) is 0 Å². The van der Waals surface area contributed by atoms with Crippen molar-refractivity contribution in [3.63, 3.8) is 0 Å². The summed E-state index contributed by atoms with van der Waals surface area (Å²) in [5, 5.41) is 0. The molecule has 0 radical (unpaired) electrons. The summed E-state index contributed by atoms with van der Waals surface area (Å²) >= 11 is 0. The zero-order valence-corrected chi connectivity index (χ0v) is 11.2. The monoisotopic (exact) mass is 264 g/mol. The van der Waals surface area contributed by atoms with Crippen molar-refractivity contribution in [1.29, 1.82) is 0 Å². The molecule has 1 aromatic carbocycles. The minimum Gasteiger partial charge on any atom is -0.461 e. The number of benzene rings is 1.